The van der Waals surface area contributed by atoms with Crippen molar-refractivity contribution < 1.29 is 13.2 Å². The average Bonchev–Trinajstić information content (AvgIpc) is 2.48. The number of hydrogen-bond donors (Lipinski definition) is 2. The van der Waals surface area contributed by atoms with E-state index in [9.17, 15) is 13.2 Å². The number of amides is 1. The van der Waals surface area contributed by atoms with E-state index in [2.05, 4.69) is 22.0 Å². The number of rotatable bonds is 2. The van der Waals surface area contributed by atoms with Crippen LogP contribution in [0.4, 0.5) is 0 Å². The van der Waals surface area contributed by atoms with Crippen molar-refractivity contribution in [2.75, 3.05) is 18.8 Å². The van der Waals surface area contributed by atoms with Crippen LogP contribution in [0.25, 0.3) is 0 Å². The van der Waals surface area contributed by atoms with Gasteiger partial charge in [-0.25, -0.2) is 8.42 Å². The fraction of sp³-hybridized carbons (Fsp3) is 0.571. The first-order valence-corrected chi connectivity index (χ1v) is 9.09. The smallest absolute Gasteiger partial charge is 0.256 e. The van der Waals surface area contributed by atoms with Gasteiger partial charge in [-0.3, -0.25) is 4.79 Å². The molecule has 7 nitrogen and oxygen atoms in total. The van der Waals surface area contributed by atoms with Gasteiger partial charge in [-0.2, -0.15) is 0 Å². The van der Waals surface area contributed by atoms with Crippen LogP contribution in [0.15, 0.2) is 28.3 Å². The molecule has 3 heterocycles. The number of sulfonamides is 1. The van der Waals surface area contributed by atoms with E-state index in [1.165, 1.54) is 0 Å². The molecular formula is C14H20N4O3S. The lowest BCUT2D eigenvalue weighted by molar-refractivity contribution is -0.118. The summed E-state index contributed by atoms with van der Waals surface area (Å²) in [5, 5.41) is 6.39. The Hall–Kier alpha value is -1.67. The van der Waals surface area contributed by atoms with E-state index in [1.54, 1.807) is 23.3 Å². The first-order chi connectivity index (χ1) is 10.4. The van der Waals surface area contributed by atoms with Gasteiger partial charge in [0, 0.05) is 24.8 Å². The quantitative estimate of drug-likeness (QED) is 0.730. The van der Waals surface area contributed by atoms with Crippen LogP contribution < -0.4 is 10.6 Å². The highest BCUT2D eigenvalue weighted by Gasteiger charge is 2.27. The third-order valence-electron chi connectivity index (χ3n) is 4.16. The fourth-order valence-corrected chi connectivity index (χ4v) is 3.80. The standard InChI is InChI=1S/C14H20N4O3S/c1-10-12(3-2-6-15-10)16-14(19)11-4-5-13-17-22(20,21)8-7-18(13)9-11/h4-5,9-10,12,15H,2-3,6-8H2,1H3,(H,16,19). The van der Waals surface area contributed by atoms with Crippen LogP contribution in [0.5, 0.6) is 0 Å². The molecule has 1 saturated heterocycles. The maximum atomic E-state index is 12.4. The molecule has 120 valence electrons. The number of fused-ring (bicyclic) bond motifs is 1. The molecule has 0 spiro atoms. The summed E-state index contributed by atoms with van der Waals surface area (Å²) in [7, 11) is -3.36. The molecule has 3 rings (SSSR count). The van der Waals surface area contributed by atoms with E-state index in [-0.39, 0.29) is 23.7 Å². The van der Waals surface area contributed by atoms with E-state index in [0.29, 0.717) is 18.0 Å². The summed E-state index contributed by atoms with van der Waals surface area (Å²) in [5.41, 5.74) is 0.524. The molecule has 22 heavy (non-hydrogen) atoms. The molecule has 0 aromatic carbocycles. The molecule has 2 N–H and O–H groups in total. The number of hydrogen-bond acceptors (Lipinski definition) is 5. The lowest BCUT2D eigenvalue weighted by Gasteiger charge is -2.31. The van der Waals surface area contributed by atoms with Crippen LogP contribution in [0.2, 0.25) is 0 Å². The second-order valence-corrected chi connectivity index (χ2v) is 7.57. The molecule has 0 saturated carbocycles. The Kier molecular flexibility index (Phi) is 4.05. The van der Waals surface area contributed by atoms with Gasteiger partial charge in [-0.1, -0.05) is 0 Å². The third-order valence-corrected chi connectivity index (χ3v) is 5.33. The van der Waals surface area contributed by atoms with Crippen LogP contribution >= 0.6 is 0 Å². The van der Waals surface area contributed by atoms with Crippen molar-refractivity contribution in [3.8, 4) is 0 Å². The van der Waals surface area contributed by atoms with Crippen molar-refractivity contribution in [3.63, 3.8) is 0 Å². The number of carbonyl (C=O) groups is 1. The van der Waals surface area contributed by atoms with Crippen molar-refractivity contribution in [1.29, 1.82) is 0 Å². The van der Waals surface area contributed by atoms with Gasteiger partial charge in [0.1, 0.15) is 5.84 Å². The second kappa shape index (κ2) is 5.85. The largest absolute Gasteiger partial charge is 0.348 e. The first kappa shape index (κ1) is 15.2. The highest BCUT2D eigenvalue weighted by atomic mass is 32.2. The Labute approximate surface area is 130 Å². The molecule has 0 radical (unpaired) electrons. The Morgan fingerprint density at radius 2 is 2.27 bits per heavy atom. The van der Waals surface area contributed by atoms with Gasteiger partial charge in [0.05, 0.1) is 11.3 Å². The molecule has 0 aromatic heterocycles. The van der Waals surface area contributed by atoms with Gasteiger partial charge in [0.15, 0.2) is 0 Å². The Bertz CT molecular complexity index is 666. The molecule has 1 fully saturated rings. The van der Waals surface area contributed by atoms with Crippen molar-refractivity contribution >= 4 is 21.8 Å². The summed E-state index contributed by atoms with van der Waals surface area (Å²) in [4.78, 5) is 14.1. The summed E-state index contributed by atoms with van der Waals surface area (Å²) in [6.07, 6.45) is 6.88. The molecule has 3 aliphatic heterocycles. The van der Waals surface area contributed by atoms with Gasteiger partial charge < -0.3 is 15.5 Å². The Morgan fingerprint density at radius 1 is 1.45 bits per heavy atom. The van der Waals surface area contributed by atoms with Gasteiger partial charge >= 0.3 is 0 Å². The zero-order valence-electron chi connectivity index (χ0n) is 12.4. The van der Waals surface area contributed by atoms with Crippen LogP contribution in [-0.4, -0.2) is 56.0 Å². The van der Waals surface area contributed by atoms with E-state index in [1.807, 2.05) is 0 Å². The second-order valence-electron chi connectivity index (χ2n) is 5.81. The lowest BCUT2D eigenvalue weighted by Crippen LogP contribution is -2.52. The third kappa shape index (κ3) is 3.22. The number of nitrogens with one attached hydrogen (secondary N) is 2. The Balaban J connectivity index is 1.70. The number of piperidine rings is 1. The molecule has 3 aliphatic rings. The molecule has 1 amide bonds. The normalized spacial score (nSPS) is 30.1. The summed E-state index contributed by atoms with van der Waals surface area (Å²) in [6, 6.07) is 0.371. The molecule has 2 unspecified atom stereocenters. The molecule has 0 aliphatic carbocycles. The minimum absolute atomic E-state index is 0.0285. The Morgan fingerprint density at radius 3 is 3.05 bits per heavy atom. The van der Waals surface area contributed by atoms with Crippen molar-refractivity contribution in [2.24, 2.45) is 4.40 Å². The molecule has 0 bridgehead atoms. The predicted octanol–water partition coefficient (Wildman–Crippen LogP) is -0.259. The number of nitrogens with zero attached hydrogens (tertiary/aromatic N) is 2. The summed E-state index contributed by atoms with van der Waals surface area (Å²) in [5.74, 6) is 0.207. The maximum Gasteiger partial charge on any atom is 0.256 e. The molecular weight excluding hydrogens is 304 g/mol. The van der Waals surface area contributed by atoms with Gasteiger partial charge in [-0.05, 0) is 38.5 Å². The van der Waals surface area contributed by atoms with Crippen LogP contribution in [0.3, 0.4) is 0 Å². The summed E-state index contributed by atoms with van der Waals surface area (Å²) < 4.78 is 26.6. The molecule has 2 atom stereocenters. The lowest BCUT2D eigenvalue weighted by atomic mass is 9.99. The highest BCUT2D eigenvalue weighted by Crippen LogP contribution is 2.17. The van der Waals surface area contributed by atoms with Crippen molar-refractivity contribution in [2.45, 2.75) is 31.8 Å². The maximum absolute atomic E-state index is 12.4. The van der Waals surface area contributed by atoms with Gasteiger partial charge in [0.2, 0.25) is 0 Å². The van der Waals surface area contributed by atoms with Crippen LogP contribution in [0.1, 0.15) is 19.8 Å². The number of carbonyl (C=O) groups excluding carboxylic acids is 1. The minimum Gasteiger partial charge on any atom is -0.348 e. The SMILES string of the molecule is CC1NCCCC1NC(=O)C1=CN2CCS(=O)(=O)N=C2C=C1. The van der Waals surface area contributed by atoms with Crippen LogP contribution in [-0.2, 0) is 14.8 Å². The fourth-order valence-electron chi connectivity index (χ4n) is 2.83. The molecule has 0 aromatic rings. The van der Waals surface area contributed by atoms with E-state index in [4.69, 9.17) is 0 Å². The zero-order chi connectivity index (χ0) is 15.7. The summed E-state index contributed by atoms with van der Waals surface area (Å²) >= 11 is 0. The highest BCUT2D eigenvalue weighted by molar-refractivity contribution is 7.90. The monoisotopic (exact) mass is 324 g/mol. The van der Waals surface area contributed by atoms with Gasteiger partial charge in [-0.15, -0.1) is 4.40 Å². The molecule has 8 heteroatoms. The summed E-state index contributed by atoms with van der Waals surface area (Å²) in [6.45, 7) is 3.37. The van der Waals surface area contributed by atoms with E-state index in [0.717, 1.165) is 19.4 Å². The van der Waals surface area contributed by atoms with Crippen molar-refractivity contribution in [1.82, 2.24) is 15.5 Å². The van der Waals surface area contributed by atoms with E-state index >= 15 is 0 Å². The predicted molar refractivity (Wildman–Crippen MR) is 83.8 cm³/mol. The first-order valence-electron chi connectivity index (χ1n) is 7.48. The van der Waals surface area contributed by atoms with Crippen molar-refractivity contribution in [3.05, 3.63) is 23.9 Å². The van der Waals surface area contributed by atoms with Crippen LogP contribution in [0, 0.1) is 0 Å². The zero-order valence-corrected chi connectivity index (χ0v) is 13.3. The average molecular weight is 324 g/mol. The van der Waals surface area contributed by atoms with Gasteiger partial charge in [0.25, 0.3) is 15.9 Å². The topological polar surface area (TPSA) is 90.9 Å². The minimum atomic E-state index is -3.36. The number of amidine groups is 1. The van der Waals surface area contributed by atoms with E-state index < -0.39 is 10.0 Å².